The van der Waals surface area contributed by atoms with E-state index >= 15 is 0 Å². The Kier molecular flexibility index (Phi) is 2.35. The van der Waals surface area contributed by atoms with E-state index in [0.717, 1.165) is 15.4 Å². The quantitative estimate of drug-likeness (QED) is 0.602. The van der Waals surface area contributed by atoms with E-state index in [-0.39, 0.29) is 0 Å². The number of hydrogen-bond acceptors (Lipinski definition) is 4. The Morgan fingerprint density at radius 1 is 1.36 bits per heavy atom. The molecule has 0 aliphatic rings. The summed E-state index contributed by atoms with van der Waals surface area (Å²) in [6.45, 7) is 1.84. The van der Waals surface area contributed by atoms with Crippen LogP contribution in [0.1, 0.15) is 5.82 Å². The summed E-state index contributed by atoms with van der Waals surface area (Å²) in [7, 11) is 0. The molecular weight excluding hydrogens is 244 g/mol. The van der Waals surface area contributed by atoms with Gasteiger partial charge in [-0.05, 0) is 25.1 Å². The van der Waals surface area contributed by atoms with Gasteiger partial charge in [-0.3, -0.25) is 0 Å². The molecule has 0 bridgehead atoms. The molecule has 0 atom stereocenters. The molecular formula is C9H9BrN4. The Labute approximate surface area is 89.6 Å². The van der Waals surface area contributed by atoms with Crippen LogP contribution in [0, 0.1) is 6.92 Å². The van der Waals surface area contributed by atoms with Crippen molar-refractivity contribution >= 4 is 32.7 Å². The molecule has 4 nitrogen and oxygen atoms in total. The zero-order chi connectivity index (χ0) is 10.1. The van der Waals surface area contributed by atoms with Gasteiger partial charge in [0.2, 0.25) is 0 Å². The summed E-state index contributed by atoms with van der Waals surface area (Å²) in [4.78, 5) is 8.49. The van der Waals surface area contributed by atoms with Gasteiger partial charge in [-0.25, -0.2) is 15.8 Å². The van der Waals surface area contributed by atoms with E-state index < -0.39 is 0 Å². The lowest BCUT2D eigenvalue weighted by Crippen LogP contribution is -2.10. The SMILES string of the molecule is Cc1nc(NN)c2cc(Br)ccc2n1. The zero-order valence-corrected chi connectivity index (χ0v) is 9.17. The predicted octanol–water partition coefficient (Wildman–Crippen LogP) is 1.99. The highest BCUT2D eigenvalue weighted by Gasteiger charge is 2.04. The number of nitrogens with one attached hydrogen (secondary N) is 1. The van der Waals surface area contributed by atoms with Crippen LogP contribution in [0.25, 0.3) is 10.9 Å². The molecule has 3 N–H and O–H groups in total. The number of aromatic nitrogens is 2. The first-order valence-corrected chi connectivity index (χ1v) is 4.90. The van der Waals surface area contributed by atoms with Gasteiger partial charge in [0.05, 0.1) is 5.52 Å². The maximum Gasteiger partial charge on any atom is 0.151 e. The van der Waals surface area contributed by atoms with Crippen molar-refractivity contribution in [2.24, 2.45) is 5.84 Å². The van der Waals surface area contributed by atoms with Crippen molar-refractivity contribution in [1.29, 1.82) is 0 Å². The highest BCUT2D eigenvalue weighted by atomic mass is 79.9. The monoisotopic (exact) mass is 252 g/mol. The number of rotatable bonds is 1. The lowest BCUT2D eigenvalue weighted by molar-refractivity contribution is 1.08. The molecule has 1 heterocycles. The van der Waals surface area contributed by atoms with Crippen LogP contribution in [-0.4, -0.2) is 9.97 Å². The number of nitrogen functional groups attached to an aromatic ring is 1. The van der Waals surface area contributed by atoms with Crippen molar-refractivity contribution in [2.45, 2.75) is 6.92 Å². The fourth-order valence-electron chi connectivity index (χ4n) is 1.33. The molecule has 0 saturated heterocycles. The van der Waals surface area contributed by atoms with Gasteiger partial charge in [0.1, 0.15) is 5.82 Å². The highest BCUT2D eigenvalue weighted by Crippen LogP contribution is 2.23. The van der Waals surface area contributed by atoms with E-state index in [2.05, 4.69) is 31.3 Å². The van der Waals surface area contributed by atoms with Crippen LogP contribution < -0.4 is 11.3 Å². The molecule has 0 aliphatic heterocycles. The van der Waals surface area contributed by atoms with Crippen LogP contribution in [0.4, 0.5) is 5.82 Å². The van der Waals surface area contributed by atoms with Gasteiger partial charge in [-0.2, -0.15) is 0 Å². The minimum Gasteiger partial charge on any atom is -0.308 e. The molecule has 5 heteroatoms. The van der Waals surface area contributed by atoms with Gasteiger partial charge in [-0.1, -0.05) is 15.9 Å². The van der Waals surface area contributed by atoms with Gasteiger partial charge < -0.3 is 5.43 Å². The third-order valence-corrected chi connectivity index (χ3v) is 2.40. The van der Waals surface area contributed by atoms with Gasteiger partial charge in [0, 0.05) is 9.86 Å². The third kappa shape index (κ3) is 1.56. The standard InChI is InChI=1S/C9H9BrN4/c1-5-12-8-3-2-6(10)4-7(8)9(13-5)14-11/h2-4H,11H2,1H3,(H,12,13,14). The zero-order valence-electron chi connectivity index (χ0n) is 7.58. The first-order chi connectivity index (χ1) is 6.70. The lowest BCUT2D eigenvalue weighted by Gasteiger charge is -2.05. The van der Waals surface area contributed by atoms with Crippen LogP contribution in [-0.2, 0) is 0 Å². The molecule has 0 aliphatic carbocycles. The van der Waals surface area contributed by atoms with Crippen molar-refractivity contribution in [3.63, 3.8) is 0 Å². The van der Waals surface area contributed by atoms with Crippen LogP contribution in [0.5, 0.6) is 0 Å². The summed E-state index contributed by atoms with van der Waals surface area (Å²) in [5.74, 6) is 6.73. The second-order valence-electron chi connectivity index (χ2n) is 2.93. The Balaban J connectivity index is 2.81. The summed E-state index contributed by atoms with van der Waals surface area (Å²) in [5, 5.41) is 0.910. The number of hydrazine groups is 1. The fourth-order valence-corrected chi connectivity index (χ4v) is 1.69. The average Bonchev–Trinajstić information content (AvgIpc) is 2.17. The van der Waals surface area contributed by atoms with E-state index in [9.17, 15) is 0 Å². The molecule has 0 saturated carbocycles. The molecule has 1 aromatic heterocycles. The third-order valence-electron chi connectivity index (χ3n) is 1.91. The maximum absolute atomic E-state index is 5.38. The van der Waals surface area contributed by atoms with Gasteiger partial charge >= 0.3 is 0 Å². The van der Waals surface area contributed by atoms with Crippen molar-refractivity contribution in [3.8, 4) is 0 Å². The molecule has 72 valence electrons. The van der Waals surface area contributed by atoms with E-state index in [1.807, 2.05) is 25.1 Å². The summed E-state index contributed by atoms with van der Waals surface area (Å²) < 4.78 is 0.981. The van der Waals surface area contributed by atoms with E-state index in [4.69, 9.17) is 5.84 Å². The number of anilines is 1. The molecule has 0 spiro atoms. The molecule has 2 aromatic rings. The van der Waals surface area contributed by atoms with Crippen LogP contribution in [0.2, 0.25) is 0 Å². The summed E-state index contributed by atoms with van der Waals surface area (Å²) in [5.41, 5.74) is 3.45. The molecule has 14 heavy (non-hydrogen) atoms. The Morgan fingerprint density at radius 2 is 2.14 bits per heavy atom. The highest BCUT2D eigenvalue weighted by molar-refractivity contribution is 9.10. The Bertz CT molecular complexity index is 483. The fraction of sp³-hybridized carbons (Fsp3) is 0.111. The Morgan fingerprint density at radius 3 is 2.86 bits per heavy atom. The van der Waals surface area contributed by atoms with Crippen LogP contribution in [0.3, 0.4) is 0 Å². The topological polar surface area (TPSA) is 63.8 Å². The largest absolute Gasteiger partial charge is 0.308 e. The minimum atomic E-state index is 0.647. The second-order valence-corrected chi connectivity index (χ2v) is 3.84. The molecule has 0 radical (unpaired) electrons. The smallest absolute Gasteiger partial charge is 0.151 e. The van der Waals surface area contributed by atoms with E-state index in [1.54, 1.807) is 0 Å². The molecule has 0 fully saturated rings. The van der Waals surface area contributed by atoms with Crippen molar-refractivity contribution in [1.82, 2.24) is 9.97 Å². The molecule has 0 amide bonds. The van der Waals surface area contributed by atoms with Crippen molar-refractivity contribution in [2.75, 3.05) is 5.43 Å². The normalized spacial score (nSPS) is 10.5. The number of aryl methyl sites for hydroxylation is 1. The lowest BCUT2D eigenvalue weighted by atomic mass is 10.2. The number of fused-ring (bicyclic) bond motifs is 1. The predicted molar refractivity (Wildman–Crippen MR) is 59.8 cm³/mol. The maximum atomic E-state index is 5.38. The number of halogens is 1. The molecule has 0 unspecified atom stereocenters. The number of nitrogens with two attached hydrogens (primary N) is 1. The Hall–Kier alpha value is -1.20. The van der Waals surface area contributed by atoms with E-state index in [0.29, 0.717) is 11.6 Å². The van der Waals surface area contributed by atoms with E-state index in [1.165, 1.54) is 0 Å². The van der Waals surface area contributed by atoms with Gasteiger partial charge in [0.15, 0.2) is 5.82 Å². The van der Waals surface area contributed by atoms with Crippen LogP contribution >= 0.6 is 15.9 Å². The summed E-state index contributed by atoms with van der Waals surface area (Å²) in [6.07, 6.45) is 0. The van der Waals surface area contributed by atoms with Crippen molar-refractivity contribution in [3.05, 3.63) is 28.5 Å². The van der Waals surface area contributed by atoms with Gasteiger partial charge in [-0.15, -0.1) is 0 Å². The first-order valence-electron chi connectivity index (χ1n) is 4.11. The summed E-state index contributed by atoms with van der Waals surface area (Å²) in [6, 6.07) is 5.80. The number of nitrogens with zero attached hydrogens (tertiary/aromatic N) is 2. The number of benzene rings is 1. The second kappa shape index (κ2) is 3.51. The molecule has 2 rings (SSSR count). The number of hydrogen-bond donors (Lipinski definition) is 2. The summed E-state index contributed by atoms with van der Waals surface area (Å²) >= 11 is 3.39. The van der Waals surface area contributed by atoms with Crippen LogP contribution in [0.15, 0.2) is 22.7 Å². The first kappa shape index (κ1) is 9.36. The molecule has 1 aromatic carbocycles. The van der Waals surface area contributed by atoms with Gasteiger partial charge in [0.25, 0.3) is 0 Å². The average molecular weight is 253 g/mol. The van der Waals surface area contributed by atoms with Crippen molar-refractivity contribution < 1.29 is 0 Å². The minimum absolute atomic E-state index is 0.647.